The lowest BCUT2D eigenvalue weighted by atomic mass is 10.4. The molecule has 2 rings (SSSR count). The van der Waals surface area contributed by atoms with Gasteiger partial charge in [-0.1, -0.05) is 11.6 Å². The van der Waals surface area contributed by atoms with E-state index < -0.39 is 0 Å². The SMILES string of the molecule is CCn1cnnc1CCNc1nc(C)ncc1Cl. The second kappa shape index (κ2) is 5.77. The number of anilines is 1. The van der Waals surface area contributed by atoms with Crippen molar-refractivity contribution in [1.82, 2.24) is 24.7 Å². The van der Waals surface area contributed by atoms with Crippen LogP contribution in [0.3, 0.4) is 0 Å². The molecule has 0 unspecified atom stereocenters. The van der Waals surface area contributed by atoms with Crippen LogP contribution < -0.4 is 5.32 Å². The Morgan fingerprint density at radius 1 is 1.44 bits per heavy atom. The fourth-order valence-corrected chi connectivity index (χ4v) is 1.77. The predicted molar refractivity (Wildman–Crippen MR) is 69.7 cm³/mol. The zero-order valence-corrected chi connectivity index (χ0v) is 11.1. The Hall–Kier alpha value is -1.69. The van der Waals surface area contributed by atoms with Crippen molar-refractivity contribution in [3.05, 3.63) is 29.2 Å². The molecule has 0 aliphatic carbocycles. The van der Waals surface area contributed by atoms with Gasteiger partial charge in [0.15, 0.2) is 0 Å². The Morgan fingerprint density at radius 3 is 3.06 bits per heavy atom. The first-order valence-electron chi connectivity index (χ1n) is 5.80. The van der Waals surface area contributed by atoms with Gasteiger partial charge in [0.2, 0.25) is 0 Å². The maximum atomic E-state index is 5.99. The lowest BCUT2D eigenvalue weighted by Gasteiger charge is -2.07. The molecule has 6 nitrogen and oxygen atoms in total. The fraction of sp³-hybridized carbons (Fsp3) is 0.455. The molecule has 0 saturated heterocycles. The minimum absolute atomic E-state index is 0.526. The van der Waals surface area contributed by atoms with Gasteiger partial charge in [-0.05, 0) is 13.8 Å². The molecule has 0 saturated carbocycles. The van der Waals surface area contributed by atoms with Crippen molar-refractivity contribution in [3.8, 4) is 0 Å². The monoisotopic (exact) mass is 266 g/mol. The van der Waals surface area contributed by atoms with Crippen molar-refractivity contribution in [2.24, 2.45) is 0 Å². The number of hydrogen-bond acceptors (Lipinski definition) is 5. The molecular formula is C11H15ClN6. The third kappa shape index (κ3) is 2.95. The van der Waals surface area contributed by atoms with E-state index in [0.29, 0.717) is 23.2 Å². The van der Waals surface area contributed by atoms with Crippen LogP contribution in [0.1, 0.15) is 18.6 Å². The van der Waals surface area contributed by atoms with Gasteiger partial charge in [0.25, 0.3) is 0 Å². The van der Waals surface area contributed by atoms with Crippen LogP contribution in [0.2, 0.25) is 5.02 Å². The smallest absolute Gasteiger partial charge is 0.148 e. The highest BCUT2D eigenvalue weighted by Gasteiger charge is 2.05. The normalized spacial score (nSPS) is 10.6. The van der Waals surface area contributed by atoms with Crippen molar-refractivity contribution in [1.29, 1.82) is 0 Å². The molecule has 0 spiro atoms. The van der Waals surface area contributed by atoms with Crippen LogP contribution in [0, 0.1) is 6.92 Å². The van der Waals surface area contributed by atoms with Gasteiger partial charge in [0.05, 0.1) is 6.20 Å². The summed E-state index contributed by atoms with van der Waals surface area (Å²) in [5, 5.41) is 11.7. The first kappa shape index (κ1) is 12.8. The van der Waals surface area contributed by atoms with Crippen molar-refractivity contribution in [2.75, 3.05) is 11.9 Å². The van der Waals surface area contributed by atoms with Crippen LogP contribution in [-0.2, 0) is 13.0 Å². The number of halogens is 1. The Balaban J connectivity index is 1.94. The van der Waals surface area contributed by atoms with Crippen molar-refractivity contribution in [3.63, 3.8) is 0 Å². The molecule has 2 aromatic rings. The molecule has 1 N–H and O–H groups in total. The Labute approximate surface area is 110 Å². The van der Waals surface area contributed by atoms with Crippen molar-refractivity contribution < 1.29 is 0 Å². The van der Waals surface area contributed by atoms with Crippen LogP contribution in [0.15, 0.2) is 12.5 Å². The summed E-state index contributed by atoms with van der Waals surface area (Å²) in [4.78, 5) is 8.25. The Bertz CT molecular complexity index is 524. The lowest BCUT2D eigenvalue weighted by Crippen LogP contribution is -2.11. The minimum atomic E-state index is 0.526. The minimum Gasteiger partial charge on any atom is -0.368 e. The molecule has 96 valence electrons. The summed E-state index contributed by atoms with van der Waals surface area (Å²) in [5.74, 6) is 2.30. The van der Waals surface area contributed by atoms with Gasteiger partial charge < -0.3 is 9.88 Å². The molecule has 0 aliphatic rings. The highest BCUT2D eigenvalue weighted by Crippen LogP contribution is 2.17. The van der Waals surface area contributed by atoms with Gasteiger partial charge >= 0.3 is 0 Å². The third-order valence-corrected chi connectivity index (χ3v) is 2.82. The first-order chi connectivity index (χ1) is 8.70. The van der Waals surface area contributed by atoms with Crippen LogP contribution in [0.5, 0.6) is 0 Å². The van der Waals surface area contributed by atoms with Gasteiger partial charge in [0, 0.05) is 19.5 Å². The molecule has 0 fully saturated rings. The van der Waals surface area contributed by atoms with Crippen molar-refractivity contribution >= 4 is 17.4 Å². The summed E-state index contributed by atoms with van der Waals surface area (Å²) in [6.07, 6.45) is 4.10. The predicted octanol–water partition coefficient (Wildman–Crippen LogP) is 1.70. The van der Waals surface area contributed by atoms with Gasteiger partial charge in [-0.25, -0.2) is 9.97 Å². The molecule has 0 bridgehead atoms. The van der Waals surface area contributed by atoms with E-state index in [9.17, 15) is 0 Å². The maximum Gasteiger partial charge on any atom is 0.148 e. The van der Waals surface area contributed by atoms with E-state index in [1.165, 1.54) is 0 Å². The molecule has 0 radical (unpaired) electrons. The van der Waals surface area contributed by atoms with Crippen molar-refractivity contribution in [2.45, 2.75) is 26.8 Å². The maximum absolute atomic E-state index is 5.99. The molecule has 0 amide bonds. The summed E-state index contributed by atoms with van der Waals surface area (Å²) in [5.41, 5.74) is 0. The van der Waals surface area contributed by atoms with E-state index in [2.05, 4.69) is 32.4 Å². The number of rotatable bonds is 5. The molecule has 2 heterocycles. The third-order valence-electron chi connectivity index (χ3n) is 2.54. The number of hydrogen-bond donors (Lipinski definition) is 1. The average molecular weight is 267 g/mol. The van der Waals surface area contributed by atoms with Crippen LogP contribution in [0.25, 0.3) is 0 Å². The highest BCUT2D eigenvalue weighted by atomic mass is 35.5. The lowest BCUT2D eigenvalue weighted by molar-refractivity contribution is 0.697. The molecule has 0 atom stereocenters. The van der Waals surface area contributed by atoms with Gasteiger partial charge in [0.1, 0.15) is 28.8 Å². The standard InChI is InChI=1S/C11H15ClN6/c1-3-18-7-15-17-10(18)4-5-13-11-9(12)6-14-8(2)16-11/h6-7H,3-5H2,1-2H3,(H,13,14,16). The quantitative estimate of drug-likeness (QED) is 0.892. The van der Waals surface area contributed by atoms with Gasteiger partial charge in [-0.15, -0.1) is 10.2 Å². The van der Waals surface area contributed by atoms with Crippen LogP contribution in [0.4, 0.5) is 5.82 Å². The topological polar surface area (TPSA) is 68.5 Å². The molecular weight excluding hydrogens is 252 g/mol. The van der Waals surface area contributed by atoms with E-state index in [4.69, 9.17) is 11.6 Å². The largest absolute Gasteiger partial charge is 0.368 e. The number of nitrogens with zero attached hydrogens (tertiary/aromatic N) is 5. The number of nitrogens with one attached hydrogen (secondary N) is 1. The molecule has 7 heteroatoms. The highest BCUT2D eigenvalue weighted by molar-refractivity contribution is 6.32. The number of aryl methyl sites for hydroxylation is 2. The van der Waals surface area contributed by atoms with Crippen LogP contribution in [-0.4, -0.2) is 31.3 Å². The van der Waals surface area contributed by atoms with Gasteiger partial charge in [-0.3, -0.25) is 0 Å². The summed E-state index contributed by atoms with van der Waals surface area (Å²) >= 11 is 5.99. The zero-order chi connectivity index (χ0) is 13.0. The zero-order valence-electron chi connectivity index (χ0n) is 10.4. The van der Waals surface area contributed by atoms with Gasteiger partial charge in [-0.2, -0.15) is 0 Å². The van der Waals surface area contributed by atoms with E-state index in [-0.39, 0.29) is 0 Å². The summed E-state index contributed by atoms with van der Waals surface area (Å²) in [7, 11) is 0. The summed E-state index contributed by atoms with van der Waals surface area (Å²) in [6, 6.07) is 0. The second-order valence-corrected chi connectivity index (χ2v) is 4.23. The van der Waals surface area contributed by atoms with E-state index in [1.807, 2.05) is 11.5 Å². The van der Waals surface area contributed by atoms with E-state index >= 15 is 0 Å². The second-order valence-electron chi connectivity index (χ2n) is 3.82. The number of aromatic nitrogens is 5. The summed E-state index contributed by atoms with van der Waals surface area (Å²) in [6.45, 7) is 5.46. The first-order valence-corrected chi connectivity index (χ1v) is 6.18. The van der Waals surface area contributed by atoms with E-state index in [1.54, 1.807) is 12.5 Å². The Kier molecular flexibility index (Phi) is 4.09. The fourth-order valence-electron chi connectivity index (χ4n) is 1.61. The molecule has 0 aliphatic heterocycles. The molecule has 18 heavy (non-hydrogen) atoms. The van der Waals surface area contributed by atoms with Crippen LogP contribution >= 0.6 is 11.6 Å². The molecule has 2 aromatic heterocycles. The average Bonchev–Trinajstić information content (AvgIpc) is 2.81. The molecule has 0 aromatic carbocycles. The summed E-state index contributed by atoms with van der Waals surface area (Å²) < 4.78 is 2.01. The van der Waals surface area contributed by atoms with E-state index in [0.717, 1.165) is 18.8 Å². The Morgan fingerprint density at radius 2 is 2.28 bits per heavy atom.